The molecule has 0 radical (unpaired) electrons. The summed E-state index contributed by atoms with van der Waals surface area (Å²) in [4.78, 5) is 48.3. The summed E-state index contributed by atoms with van der Waals surface area (Å²) in [7, 11) is 0. The Kier molecular flexibility index (Phi) is 8.30. The number of hydrogen-bond acceptors (Lipinski definition) is 6. The van der Waals surface area contributed by atoms with Crippen molar-refractivity contribution in [1.82, 2.24) is 20.1 Å². The molecule has 2 aliphatic rings. The molecule has 2 aromatic carbocycles. The third-order valence-electron chi connectivity index (χ3n) is 7.37. The SMILES string of the molecule is Nc1cc(N2CCN(C(=O)NC3CCCCN(C(=O)Nc4ccc(C(F)(F)F)cc4)C3=O)CC2)c2ccc(Cl)cc2n1. The highest BCUT2D eigenvalue weighted by Crippen LogP contribution is 2.31. The predicted octanol–water partition coefficient (Wildman–Crippen LogP) is 4.93. The molecule has 0 aliphatic carbocycles. The second-order valence-corrected chi connectivity index (χ2v) is 10.6. The number of nitrogen functional groups attached to an aromatic ring is 1. The minimum Gasteiger partial charge on any atom is -0.384 e. The van der Waals surface area contributed by atoms with E-state index < -0.39 is 35.8 Å². The van der Waals surface area contributed by atoms with Gasteiger partial charge in [-0.05, 0) is 61.7 Å². The van der Waals surface area contributed by atoms with Crippen LogP contribution in [0.3, 0.4) is 0 Å². The summed E-state index contributed by atoms with van der Waals surface area (Å²) in [6.45, 7) is 1.96. The predicted molar refractivity (Wildman–Crippen MR) is 153 cm³/mol. The lowest BCUT2D eigenvalue weighted by Crippen LogP contribution is -2.56. The van der Waals surface area contributed by atoms with Gasteiger partial charge in [-0.25, -0.2) is 14.6 Å². The van der Waals surface area contributed by atoms with Crippen molar-refractivity contribution in [1.29, 1.82) is 0 Å². The summed E-state index contributed by atoms with van der Waals surface area (Å²) >= 11 is 6.12. The molecule has 2 aliphatic heterocycles. The molecular formula is C28H29ClF3N7O3. The fraction of sp³-hybridized carbons (Fsp3) is 0.357. The Morgan fingerprint density at radius 2 is 1.67 bits per heavy atom. The van der Waals surface area contributed by atoms with E-state index in [4.69, 9.17) is 17.3 Å². The average Bonchev–Trinajstić information content (AvgIpc) is 3.13. The monoisotopic (exact) mass is 603 g/mol. The second kappa shape index (κ2) is 11.9. The van der Waals surface area contributed by atoms with Crippen LogP contribution in [0.5, 0.6) is 0 Å². The highest BCUT2D eigenvalue weighted by Gasteiger charge is 2.34. The van der Waals surface area contributed by atoms with Crippen molar-refractivity contribution in [2.75, 3.05) is 48.7 Å². The maximum absolute atomic E-state index is 13.2. The number of carbonyl (C=O) groups is 3. The van der Waals surface area contributed by atoms with Crippen molar-refractivity contribution in [2.45, 2.75) is 31.5 Å². The van der Waals surface area contributed by atoms with Crippen molar-refractivity contribution in [3.8, 4) is 0 Å². The van der Waals surface area contributed by atoms with Crippen LogP contribution in [0.25, 0.3) is 10.9 Å². The number of likely N-dealkylation sites (tertiary alicyclic amines) is 1. The van der Waals surface area contributed by atoms with Crippen LogP contribution in [0, 0.1) is 0 Å². The maximum Gasteiger partial charge on any atom is 0.416 e. The lowest BCUT2D eigenvalue weighted by atomic mass is 10.1. The van der Waals surface area contributed by atoms with Gasteiger partial charge in [-0.3, -0.25) is 9.69 Å². The number of pyridine rings is 1. The smallest absolute Gasteiger partial charge is 0.384 e. The minimum absolute atomic E-state index is 0.121. The molecule has 2 fully saturated rings. The number of urea groups is 2. The number of halogens is 4. The van der Waals surface area contributed by atoms with Crippen LogP contribution in [0.15, 0.2) is 48.5 Å². The van der Waals surface area contributed by atoms with E-state index in [2.05, 4.69) is 20.5 Å². The van der Waals surface area contributed by atoms with Crippen molar-refractivity contribution < 1.29 is 27.6 Å². The van der Waals surface area contributed by atoms with E-state index in [9.17, 15) is 27.6 Å². The average molecular weight is 604 g/mol. The van der Waals surface area contributed by atoms with E-state index >= 15 is 0 Å². The van der Waals surface area contributed by atoms with Crippen molar-refractivity contribution in [3.05, 3.63) is 59.1 Å². The molecule has 5 rings (SSSR count). The minimum atomic E-state index is -4.50. The van der Waals surface area contributed by atoms with Gasteiger partial charge >= 0.3 is 18.2 Å². The van der Waals surface area contributed by atoms with Crippen molar-refractivity contribution in [3.63, 3.8) is 0 Å². The molecule has 222 valence electrons. The summed E-state index contributed by atoms with van der Waals surface area (Å²) in [5, 5.41) is 6.70. The number of benzene rings is 2. The van der Waals surface area contributed by atoms with E-state index in [0.29, 0.717) is 61.8 Å². The number of imide groups is 1. The van der Waals surface area contributed by atoms with Gasteiger partial charge in [-0.1, -0.05) is 11.6 Å². The lowest BCUT2D eigenvalue weighted by Gasteiger charge is -2.37. The van der Waals surface area contributed by atoms with E-state index in [1.807, 2.05) is 6.07 Å². The largest absolute Gasteiger partial charge is 0.416 e. The van der Waals surface area contributed by atoms with Gasteiger partial charge in [0, 0.05) is 60.6 Å². The molecule has 1 aromatic heterocycles. The Morgan fingerprint density at radius 1 is 0.952 bits per heavy atom. The molecule has 1 atom stereocenters. The van der Waals surface area contributed by atoms with Gasteiger partial charge in [0.1, 0.15) is 11.9 Å². The molecule has 4 N–H and O–H groups in total. The molecule has 14 heteroatoms. The van der Waals surface area contributed by atoms with Gasteiger partial charge in [-0.15, -0.1) is 0 Å². The Morgan fingerprint density at radius 3 is 2.36 bits per heavy atom. The third-order valence-corrected chi connectivity index (χ3v) is 7.61. The number of alkyl halides is 3. The number of hydrogen-bond donors (Lipinski definition) is 3. The highest BCUT2D eigenvalue weighted by atomic mass is 35.5. The van der Waals surface area contributed by atoms with Gasteiger partial charge < -0.3 is 26.2 Å². The van der Waals surface area contributed by atoms with E-state index in [-0.39, 0.29) is 12.2 Å². The number of aromatic nitrogens is 1. The number of nitrogens with zero attached hydrogens (tertiary/aromatic N) is 4. The zero-order valence-corrected chi connectivity index (χ0v) is 23.2. The Hall–Kier alpha value is -4.26. The zero-order valence-electron chi connectivity index (χ0n) is 22.5. The second-order valence-electron chi connectivity index (χ2n) is 10.2. The fourth-order valence-corrected chi connectivity index (χ4v) is 5.33. The Balaban J connectivity index is 1.19. The number of piperazine rings is 1. The summed E-state index contributed by atoms with van der Waals surface area (Å²) in [5.41, 5.74) is 6.86. The van der Waals surface area contributed by atoms with Crippen LogP contribution in [0.1, 0.15) is 24.8 Å². The quantitative estimate of drug-likeness (QED) is 0.390. The molecule has 42 heavy (non-hydrogen) atoms. The maximum atomic E-state index is 13.2. The topological polar surface area (TPSA) is 124 Å². The van der Waals surface area contributed by atoms with Crippen LogP contribution in [-0.2, 0) is 11.0 Å². The molecule has 3 aromatic rings. The number of carbonyl (C=O) groups excluding carboxylic acids is 3. The molecule has 1 unspecified atom stereocenters. The van der Waals surface area contributed by atoms with Gasteiger partial charge in [0.2, 0.25) is 0 Å². The van der Waals surface area contributed by atoms with Gasteiger partial charge in [0.15, 0.2) is 0 Å². The van der Waals surface area contributed by atoms with Crippen LogP contribution in [0.2, 0.25) is 5.02 Å². The Bertz CT molecular complexity index is 1490. The number of amides is 5. The van der Waals surface area contributed by atoms with Crippen molar-refractivity contribution >= 4 is 57.7 Å². The molecule has 0 bridgehead atoms. The van der Waals surface area contributed by atoms with Crippen LogP contribution < -0.4 is 21.3 Å². The first kappa shape index (κ1) is 29.2. The number of anilines is 3. The number of nitrogens with two attached hydrogens (primary N) is 1. The molecule has 2 saturated heterocycles. The summed E-state index contributed by atoms with van der Waals surface area (Å²) in [6.07, 6.45) is -3.00. The fourth-order valence-electron chi connectivity index (χ4n) is 5.16. The van der Waals surface area contributed by atoms with Gasteiger partial charge in [-0.2, -0.15) is 13.2 Å². The first-order valence-electron chi connectivity index (χ1n) is 13.5. The number of fused-ring (bicyclic) bond motifs is 1. The van der Waals surface area contributed by atoms with E-state index in [0.717, 1.165) is 40.2 Å². The zero-order chi connectivity index (χ0) is 30.0. The molecular weight excluding hydrogens is 575 g/mol. The normalized spacial score (nSPS) is 18.1. The van der Waals surface area contributed by atoms with Crippen LogP contribution >= 0.6 is 11.6 Å². The third kappa shape index (κ3) is 6.46. The highest BCUT2D eigenvalue weighted by molar-refractivity contribution is 6.31. The first-order chi connectivity index (χ1) is 20.0. The molecule has 0 spiro atoms. The molecule has 3 heterocycles. The van der Waals surface area contributed by atoms with Crippen molar-refractivity contribution in [2.24, 2.45) is 0 Å². The molecule has 10 nitrogen and oxygen atoms in total. The standard InChI is InChI=1S/C28H29ClF3N7O3/c29-18-6-9-20-22(15-18)35-24(33)16-23(20)37-11-13-38(14-12-37)26(41)36-21-3-1-2-10-39(25(21)40)27(42)34-19-7-4-17(5-8-19)28(30,31)32/h4-9,15-16,21H,1-3,10-14H2,(H2,33,35)(H,34,42)(H,36,41). The summed E-state index contributed by atoms with van der Waals surface area (Å²) in [5.74, 6) is -0.208. The van der Waals surface area contributed by atoms with E-state index in [1.165, 1.54) is 0 Å². The molecule has 5 amide bonds. The summed E-state index contributed by atoms with van der Waals surface area (Å²) < 4.78 is 38.5. The van der Waals surface area contributed by atoms with Crippen LogP contribution in [-0.4, -0.2) is 71.5 Å². The number of rotatable bonds is 3. The van der Waals surface area contributed by atoms with Gasteiger partial charge in [0.05, 0.1) is 11.1 Å². The number of nitrogens with one attached hydrogen (secondary N) is 2. The van der Waals surface area contributed by atoms with Gasteiger partial charge in [0.25, 0.3) is 5.91 Å². The van der Waals surface area contributed by atoms with Crippen LogP contribution in [0.4, 0.5) is 40.0 Å². The first-order valence-corrected chi connectivity index (χ1v) is 13.8. The van der Waals surface area contributed by atoms with E-state index in [1.54, 1.807) is 23.1 Å². The summed E-state index contributed by atoms with van der Waals surface area (Å²) in [6, 6.07) is 9.07. The molecule has 0 saturated carbocycles. The lowest BCUT2D eigenvalue weighted by molar-refractivity contribution is -0.137. The Labute approximate surface area is 244 Å².